The summed E-state index contributed by atoms with van der Waals surface area (Å²) < 4.78 is 0. The standard InChI is InChI=1S/C28H27NO7/c1-11-7-15(31)19-20-17(11)16(32)8-14-18(20)21-22(26(19)35)24(33)13(10-29-6-4-5-12(30)9-29)25(34)23(21)27(36)28(14,2)3/h7-8,12,30,32-33,35-36H,4-6,9-10H2,1-3H3. The first-order chi connectivity index (χ1) is 16.9. The first-order valence-electron chi connectivity index (χ1n) is 12.1. The van der Waals surface area contributed by atoms with Crippen molar-refractivity contribution in [2.45, 2.75) is 51.7 Å². The van der Waals surface area contributed by atoms with Crippen LogP contribution in [0.15, 0.2) is 21.7 Å². The van der Waals surface area contributed by atoms with Crippen molar-refractivity contribution in [3.05, 3.63) is 54.5 Å². The topological polar surface area (TPSA) is 139 Å². The van der Waals surface area contributed by atoms with Gasteiger partial charge in [0.1, 0.15) is 23.0 Å². The summed E-state index contributed by atoms with van der Waals surface area (Å²) in [6.07, 6.45) is 0.843. The number of aliphatic hydroxyl groups excluding tert-OH is 2. The van der Waals surface area contributed by atoms with Crippen LogP contribution in [0.4, 0.5) is 0 Å². The number of phenols is 3. The molecule has 186 valence electrons. The van der Waals surface area contributed by atoms with Crippen molar-refractivity contribution in [2.24, 2.45) is 0 Å². The highest BCUT2D eigenvalue weighted by Crippen LogP contribution is 2.51. The number of aromatic hydroxyl groups is 3. The number of hydrogen-bond acceptors (Lipinski definition) is 8. The molecule has 1 aliphatic carbocycles. The lowest BCUT2D eigenvalue weighted by Gasteiger charge is -2.33. The number of aryl methyl sites for hydroxylation is 1. The smallest absolute Gasteiger partial charge is 0.198 e. The zero-order chi connectivity index (χ0) is 25.8. The molecular weight excluding hydrogens is 462 g/mol. The van der Waals surface area contributed by atoms with Crippen LogP contribution in [0.2, 0.25) is 0 Å². The van der Waals surface area contributed by atoms with Gasteiger partial charge in [-0.15, -0.1) is 0 Å². The van der Waals surface area contributed by atoms with Gasteiger partial charge < -0.3 is 25.5 Å². The number of likely N-dealkylation sites (tertiary alicyclic amines) is 1. The van der Waals surface area contributed by atoms with Gasteiger partial charge in [-0.05, 0) is 68.8 Å². The van der Waals surface area contributed by atoms with E-state index in [0.29, 0.717) is 46.8 Å². The van der Waals surface area contributed by atoms with Crippen LogP contribution < -0.4 is 16.1 Å². The summed E-state index contributed by atoms with van der Waals surface area (Å²) >= 11 is 0. The molecule has 36 heavy (non-hydrogen) atoms. The number of rotatable bonds is 2. The Labute approximate surface area is 205 Å². The Balaban J connectivity index is 1.88. The zero-order valence-electron chi connectivity index (χ0n) is 20.3. The molecule has 1 heterocycles. The van der Waals surface area contributed by atoms with Crippen molar-refractivity contribution < 1.29 is 25.5 Å². The number of aliphatic hydroxyl groups is 2. The van der Waals surface area contributed by atoms with E-state index in [1.807, 2.05) is 4.90 Å². The van der Waals surface area contributed by atoms with Gasteiger partial charge in [0.2, 0.25) is 0 Å². The van der Waals surface area contributed by atoms with Gasteiger partial charge >= 0.3 is 0 Å². The molecule has 5 N–H and O–H groups in total. The van der Waals surface area contributed by atoms with Crippen molar-refractivity contribution in [2.75, 3.05) is 13.1 Å². The number of phenolic OH excluding ortho intramolecular Hbond substituents is 3. The SMILES string of the molecule is Cc1cc(=O)c2c(O)c3c(O)c(CN4CCCC(O)C4)c(=O)c4c3c3c(cc(O)c1c23)C(C)(C)C=4O. The number of hydrogen-bond donors (Lipinski definition) is 5. The number of benzene rings is 4. The average Bonchev–Trinajstić information content (AvgIpc) is 2.79. The van der Waals surface area contributed by atoms with E-state index in [1.54, 1.807) is 20.8 Å². The average molecular weight is 490 g/mol. The van der Waals surface area contributed by atoms with Gasteiger partial charge in [0.15, 0.2) is 10.9 Å². The fourth-order valence-corrected chi connectivity index (χ4v) is 6.35. The van der Waals surface area contributed by atoms with E-state index in [2.05, 4.69) is 0 Å². The second-order valence-corrected chi connectivity index (χ2v) is 10.8. The molecule has 1 aliphatic heterocycles. The van der Waals surface area contributed by atoms with Crippen LogP contribution in [-0.4, -0.2) is 49.6 Å². The lowest BCUT2D eigenvalue weighted by atomic mass is 9.72. The van der Waals surface area contributed by atoms with E-state index in [1.165, 1.54) is 12.1 Å². The Morgan fingerprint density at radius 3 is 2.36 bits per heavy atom. The molecular formula is C28H27NO7. The van der Waals surface area contributed by atoms with E-state index in [4.69, 9.17) is 0 Å². The molecule has 0 saturated carbocycles. The molecule has 0 aromatic heterocycles. The normalized spacial score (nSPS) is 19.8. The van der Waals surface area contributed by atoms with E-state index >= 15 is 0 Å². The fourth-order valence-electron chi connectivity index (χ4n) is 6.35. The van der Waals surface area contributed by atoms with Crippen LogP contribution in [0.5, 0.6) is 17.2 Å². The largest absolute Gasteiger partial charge is 0.511 e. The molecule has 8 nitrogen and oxygen atoms in total. The summed E-state index contributed by atoms with van der Waals surface area (Å²) in [7, 11) is 0. The van der Waals surface area contributed by atoms with E-state index in [9.17, 15) is 35.1 Å². The quantitative estimate of drug-likeness (QED) is 0.214. The van der Waals surface area contributed by atoms with Crippen LogP contribution in [0.1, 0.15) is 43.4 Å². The summed E-state index contributed by atoms with van der Waals surface area (Å²) in [4.78, 5) is 28.9. The molecule has 0 amide bonds. The first kappa shape index (κ1) is 22.8. The predicted molar refractivity (Wildman–Crippen MR) is 137 cm³/mol. The van der Waals surface area contributed by atoms with E-state index in [-0.39, 0.29) is 45.0 Å². The third kappa shape index (κ3) is 2.71. The highest BCUT2D eigenvalue weighted by atomic mass is 16.3. The lowest BCUT2D eigenvalue weighted by Crippen LogP contribution is -2.42. The number of piperidine rings is 1. The summed E-state index contributed by atoms with van der Waals surface area (Å²) in [5.41, 5.74) is -1.14. The maximum atomic E-state index is 13.9. The molecule has 4 aromatic rings. The van der Waals surface area contributed by atoms with Gasteiger partial charge in [-0.1, -0.05) is 0 Å². The van der Waals surface area contributed by atoms with Crippen LogP contribution in [0.25, 0.3) is 38.1 Å². The molecule has 0 spiro atoms. The molecule has 0 bridgehead atoms. The van der Waals surface area contributed by atoms with Crippen LogP contribution in [0.3, 0.4) is 0 Å². The van der Waals surface area contributed by atoms with E-state index in [0.717, 1.165) is 6.42 Å². The Morgan fingerprint density at radius 2 is 1.67 bits per heavy atom. The minimum Gasteiger partial charge on any atom is -0.511 e. The maximum absolute atomic E-state index is 13.9. The maximum Gasteiger partial charge on any atom is 0.198 e. The van der Waals surface area contributed by atoms with Crippen molar-refractivity contribution in [1.82, 2.24) is 4.90 Å². The Hall–Kier alpha value is -3.62. The summed E-state index contributed by atoms with van der Waals surface area (Å²) in [6.45, 7) is 6.10. The second kappa shape index (κ2) is 7.21. The minimum atomic E-state index is -1.10. The molecule has 1 saturated heterocycles. The monoisotopic (exact) mass is 489 g/mol. The highest BCUT2D eigenvalue weighted by Gasteiger charge is 2.38. The molecule has 4 aromatic carbocycles. The van der Waals surface area contributed by atoms with Crippen LogP contribution in [0, 0.1) is 6.92 Å². The third-order valence-corrected chi connectivity index (χ3v) is 8.16. The van der Waals surface area contributed by atoms with Crippen LogP contribution in [-0.2, 0) is 12.0 Å². The van der Waals surface area contributed by atoms with Gasteiger partial charge in [-0.25, -0.2) is 0 Å². The van der Waals surface area contributed by atoms with Gasteiger partial charge in [-0.2, -0.15) is 0 Å². The van der Waals surface area contributed by atoms with Crippen molar-refractivity contribution in [3.8, 4) is 17.2 Å². The van der Waals surface area contributed by atoms with Gasteiger partial charge in [0.05, 0.1) is 27.7 Å². The highest BCUT2D eigenvalue weighted by molar-refractivity contribution is 6.29. The van der Waals surface area contributed by atoms with Gasteiger partial charge in [0, 0.05) is 34.7 Å². The summed E-state index contributed by atoms with van der Waals surface area (Å²) in [5.74, 6) is -1.27. The Morgan fingerprint density at radius 1 is 0.944 bits per heavy atom. The van der Waals surface area contributed by atoms with Crippen LogP contribution >= 0.6 is 0 Å². The molecule has 1 fully saturated rings. The van der Waals surface area contributed by atoms with E-state index < -0.39 is 33.9 Å². The second-order valence-electron chi connectivity index (χ2n) is 10.8. The molecule has 1 unspecified atom stereocenters. The van der Waals surface area contributed by atoms with Gasteiger partial charge in [-0.3, -0.25) is 14.5 Å². The van der Waals surface area contributed by atoms with Gasteiger partial charge in [0.25, 0.3) is 0 Å². The molecule has 2 aliphatic rings. The zero-order valence-corrected chi connectivity index (χ0v) is 20.3. The molecule has 8 heteroatoms. The third-order valence-electron chi connectivity index (χ3n) is 8.16. The summed E-state index contributed by atoms with van der Waals surface area (Å²) in [6, 6.07) is 2.85. The minimum absolute atomic E-state index is 0.00627. The van der Waals surface area contributed by atoms with Crippen molar-refractivity contribution in [1.29, 1.82) is 0 Å². The first-order valence-corrected chi connectivity index (χ1v) is 12.1. The Bertz CT molecular complexity index is 1810. The fraction of sp³-hybridized carbons (Fsp3) is 0.357. The number of nitrogens with zero attached hydrogens (tertiary/aromatic N) is 1. The molecule has 1 atom stereocenters. The molecule has 6 rings (SSSR count). The number of β-amino-alcohol motifs (C(OH)–C–C–N with tert-alkyl or cyclic N) is 1. The lowest BCUT2D eigenvalue weighted by molar-refractivity contribution is 0.0663. The van der Waals surface area contributed by atoms with Crippen molar-refractivity contribution in [3.63, 3.8) is 0 Å². The Kier molecular flexibility index (Phi) is 4.57. The van der Waals surface area contributed by atoms with Crippen molar-refractivity contribution >= 4 is 38.1 Å². The molecule has 0 radical (unpaired) electrons. The predicted octanol–water partition coefficient (Wildman–Crippen LogP) is 2.36. The summed E-state index contributed by atoms with van der Waals surface area (Å²) in [5, 5.41) is 56.5.